The number of aromatic nitrogens is 2. The first-order valence-electron chi connectivity index (χ1n) is 10.6. The van der Waals surface area contributed by atoms with Crippen molar-refractivity contribution in [3.8, 4) is 0 Å². The number of nitrogens with zero attached hydrogens (tertiary/aromatic N) is 2. The molecular weight excluding hydrogens is 516 g/mol. The smallest absolute Gasteiger partial charge is 0.333 e. The third kappa shape index (κ3) is 6.22. The second kappa shape index (κ2) is 10.7. The molecule has 0 radical (unpaired) electrons. The van der Waals surface area contributed by atoms with Crippen molar-refractivity contribution >= 4 is 44.8 Å². The molecule has 13 heteroatoms. The minimum absolute atomic E-state index is 0.199. The first kappa shape index (κ1) is 25.6. The quantitative estimate of drug-likeness (QED) is 0.299. The van der Waals surface area contributed by atoms with Crippen LogP contribution in [0.25, 0.3) is 0 Å². The van der Waals surface area contributed by atoms with Crippen molar-refractivity contribution in [1.82, 2.24) is 9.97 Å². The predicted octanol–water partition coefficient (Wildman–Crippen LogP) is 2.28. The zero-order chi connectivity index (χ0) is 25.2. The minimum Gasteiger partial charge on any atom is -0.393 e. The number of nitrogens with two attached hydrogens (primary N) is 1. The van der Waals surface area contributed by atoms with Crippen molar-refractivity contribution in [3.63, 3.8) is 0 Å². The van der Waals surface area contributed by atoms with Gasteiger partial charge in [0.05, 0.1) is 27.5 Å². The van der Waals surface area contributed by atoms with Gasteiger partial charge in [-0.15, -0.1) is 11.3 Å². The molecule has 3 aromatic rings. The topological polar surface area (TPSA) is 165 Å². The molecule has 0 bridgehead atoms. The average Bonchev–Trinajstić information content (AvgIpc) is 3.39. The molecule has 1 aliphatic carbocycles. The van der Waals surface area contributed by atoms with E-state index >= 15 is 0 Å². The summed E-state index contributed by atoms with van der Waals surface area (Å²) in [5.74, 6) is -0.561. The van der Waals surface area contributed by atoms with Crippen LogP contribution in [-0.4, -0.2) is 53.1 Å². The minimum atomic E-state index is -4.11. The molecule has 2 aromatic heterocycles. The van der Waals surface area contributed by atoms with Crippen molar-refractivity contribution in [3.05, 3.63) is 74.8 Å². The molecule has 1 fully saturated rings. The van der Waals surface area contributed by atoms with Gasteiger partial charge in [0.1, 0.15) is 18.2 Å². The Morgan fingerprint density at radius 1 is 1.31 bits per heavy atom. The summed E-state index contributed by atoms with van der Waals surface area (Å²) in [6.45, 7) is -0.242. The summed E-state index contributed by atoms with van der Waals surface area (Å²) in [7, 11) is -4.11. The summed E-state index contributed by atoms with van der Waals surface area (Å²) in [4.78, 5) is 21.8. The second-order valence-electron chi connectivity index (χ2n) is 8.18. The number of aliphatic hydroxyl groups excluding tert-OH is 2. The summed E-state index contributed by atoms with van der Waals surface area (Å²) in [5.41, 5.74) is 1.27. The molecule has 186 valence electrons. The molecule has 0 spiro atoms. The van der Waals surface area contributed by atoms with E-state index in [0.29, 0.717) is 33.2 Å². The van der Waals surface area contributed by atoms with Gasteiger partial charge in [0, 0.05) is 23.7 Å². The van der Waals surface area contributed by atoms with Crippen molar-refractivity contribution < 1.29 is 27.6 Å². The molecule has 1 unspecified atom stereocenters. The lowest BCUT2D eigenvalue weighted by Crippen LogP contribution is -2.24. The lowest BCUT2D eigenvalue weighted by Gasteiger charge is -2.15. The highest BCUT2D eigenvalue weighted by molar-refractivity contribution is 7.84. The number of carbonyl (C=O) groups is 1. The Labute approximate surface area is 211 Å². The highest BCUT2D eigenvalue weighted by Crippen LogP contribution is 2.37. The Balaban J connectivity index is 1.50. The number of nitrogens with one attached hydrogen (secondary N) is 1. The number of thiophene rings is 1. The number of hydrogen-bond acceptors (Lipinski definition) is 10. The van der Waals surface area contributed by atoms with Gasteiger partial charge in [-0.25, -0.2) is 15.1 Å². The third-order valence-electron chi connectivity index (χ3n) is 5.75. The zero-order valence-corrected chi connectivity index (χ0v) is 20.6. The van der Waals surface area contributed by atoms with E-state index in [1.807, 2.05) is 6.07 Å². The lowest BCUT2D eigenvalue weighted by atomic mass is 10.0. The second-order valence-corrected chi connectivity index (χ2v) is 11.1. The summed E-state index contributed by atoms with van der Waals surface area (Å²) in [6, 6.07) is 10.2. The van der Waals surface area contributed by atoms with E-state index in [4.69, 9.17) is 16.7 Å². The average molecular weight is 539 g/mol. The molecule has 0 amide bonds. The van der Waals surface area contributed by atoms with Crippen LogP contribution in [0.5, 0.6) is 0 Å². The molecule has 10 nitrogen and oxygen atoms in total. The Hall–Kier alpha value is -2.45. The predicted molar refractivity (Wildman–Crippen MR) is 130 cm³/mol. The first-order chi connectivity index (χ1) is 16.6. The Morgan fingerprint density at radius 2 is 2.06 bits per heavy atom. The van der Waals surface area contributed by atoms with Crippen LogP contribution in [0.15, 0.2) is 48.9 Å². The van der Waals surface area contributed by atoms with Crippen LogP contribution in [0.4, 0.5) is 5.82 Å². The van der Waals surface area contributed by atoms with Gasteiger partial charge in [-0.2, -0.15) is 8.42 Å². The van der Waals surface area contributed by atoms with Gasteiger partial charge in [0.15, 0.2) is 0 Å². The number of anilines is 1. The fourth-order valence-electron chi connectivity index (χ4n) is 4.01. The highest BCUT2D eigenvalue weighted by Gasteiger charge is 2.35. The number of hydrogen-bond donors (Lipinski definition) is 4. The van der Waals surface area contributed by atoms with E-state index < -0.39 is 28.4 Å². The van der Waals surface area contributed by atoms with Gasteiger partial charge in [-0.3, -0.25) is 8.98 Å². The van der Waals surface area contributed by atoms with Gasteiger partial charge < -0.3 is 15.5 Å². The van der Waals surface area contributed by atoms with Crippen LogP contribution >= 0.6 is 22.9 Å². The summed E-state index contributed by atoms with van der Waals surface area (Å²) in [5, 5.41) is 29.0. The monoisotopic (exact) mass is 538 g/mol. The highest BCUT2D eigenvalue weighted by atomic mass is 35.5. The van der Waals surface area contributed by atoms with E-state index in [2.05, 4.69) is 19.5 Å². The standard InChI is InChI=1S/C22H23ClN4O6S2/c23-21-15(19(29)12-4-2-1-3-5-12)8-18(34-21)20(30)16-9-25-11-26-22(16)27-14-6-13(17(28)7-14)10-33-35(24,31)32/h1-5,8-9,11,13-14,17,19,28-29H,6-7,10H2,(H2,24,31,32)(H,25,26,27)/t13-,14-,17+,19?/m1/s1. The van der Waals surface area contributed by atoms with Crippen LogP contribution in [0, 0.1) is 5.92 Å². The number of carbonyl (C=O) groups excluding carboxylic acids is 1. The maximum absolute atomic E-state index is 13.3. The van der Waals surface area contributed by atoms with Crippen LogP contribution in [-0.2, 0) is 14.5 Å². The van der Waals surface area contributed by atoms with E-state index in [1.165, 1.54) is 12.5 Å². The Kier molecular flexibility index (Phi) is 7.81. The van der Waals surface area contributed by atoms with Crippen molar-refractivity contribution in [2.24, 2.45) is 11.1 Å². The maximum atomic E-state index is 13.3. The summed E-state index contributed by atoms with van der Waals surface area (Å²) >= 11 is 7.41. The number of ketones is 1. The molecule has 4 rings (SSSR count). The number of rotatable bonds is 9. The van der Waals surface area contributed by atoms with Gasteiger partial charge in [0.2, 0.25) is 5.78 Å². The van der Waals surface area contributed by atoms with E-state index in [1.54, 1.807) is 30.3 Å². The SMILES string of the molecule is NS(=O)(=O)OC[C@H]1C[C@@H](Nc2ncncc2C(=O)c2cc(C(O)c3ccccc3)c(Cl)s2)C[C@@H]1O. The molecule has 5 N–H and O–H groups in total. The first-order valence-corrected chi connectivity index (χ1v) is 13.3. The van der Waals surface area contributed by atoms with Gasteiger partial charge >= 0.3 is 10.3 Å². The number of benzene rings is 1. The van der Waals surface area contributed by atoms with Gasteiger partial charge in [-0.1, -0.05) is 41.9 Å². The lowest BCUT2D eigenvalue weighted by molar-refractivity contribution is 0.101. The molecule has 4 atom stereocenters. The van der Waals surface area contributed by atoms with E-state index in [0.717, 1.165) is 11.3 Å². The number of aliphatic hydroxyl groups is 2. The summed E-state index contributed by atoms with van der Waals surface area (Å²) < 4.78 is 27.0. The largest absolute Gasteiger partial charge is 0.393 e. The molecule has 1 aromatic carbocycles. The van der Waals surface area contributed by atoms with Gasteiger partial charge in [0.25, 0.3) is 0 Å². The van der Waals surface area contributed by atoms with Crippen LogP contribution < -0.4 is 10.5 Å². The summed E-state index contributed by atoms with van der Waals surface area (Å²) in [6.07, 6.45) is 1.56. The Bertz CT molecular complexity index is 1300. The van der Waals surface area contributed by atoms with E-state index in [9.17, 15) is 23.4 Å². The molecular formula is C22H23ClN4O6S2. The molecule has 0 aliphatic heterocycles. The maximum Gasteiger partial charge on any atom is 0.333 e. The van der Waals surface area contributed by atoms with Gasteiger partial charge in [-0.05, 0) is 24.5 Å². The van der Waals surface area contributed by atoms with Crippen LogP contribution in [0.2, 0.25) is 4.34 Å². The fourth-order valence-corrected chi connectivity index (χ4v) is 5.66. The molecule has 35 heavy (non-hydrogen) atoms. The van der Waals surface area contributed by atoms with Crippen LogP contribution in [0.3, 0.4) is 0 Å². The van der Waals surface area contributed by atoms with Crippen molar-refractivity contribution in [2.75, 3.05) is 11.9 Å². The molecule has 0 saturated heterocycles. The zero-order valence-electron chi connectivity index (χ0n) is 18.2. The molecule has 1 saturated carbocycles. The third-order valence-corrected chi connectivity index (χ3v) is 7.60. The normalized spacial score (nSPS) is 21.1. The fraction of sp³-hybridized carbons (Fsp3) is 0.318. The van der Waals surface area contributed by atoms with Crippen molar-refractivity contribution in [2.45, 2.75) is 31.1 Å². The number of halogens is 1. The Morgan fingerprint density at radius 3 is 2.77 bits per heavy atom. The van der Waals surface area contributed by atoms with Crippen molar-refractivity contribution in [1.29, 1.82) is 0 Å². The molecule has 1 aliphatic rings. The molecule has 2 heterocycles. The van der Waals surface area contributed by atoms with E-state index in [-0.39, 0.29) is 29.8 Å². The van der Waals surface area contributed by atoms with Crippen LogP contribution in [0.1, 0.15) is 45.3 Å².